The van der Waals surface area contributed by atoms with Crippen LogP contribution in [0.2, 0.25) is 0 Å². The van der Waals surface area contributed by atoms with E-state index in [2.05, 4.69) is 9.97 Å². The molecule has 0 radical (unpaired) electrons. The Morgan fingerprint density at radius 1 is 0.889 bits per heavy atom. The molecule has 27 heavy (non-hydrogen) atoms. The predicted molar refractivity (Wildman–Crippen MR) is 99.7 cm³/mol. The molecule has 1 amide bonds. The molecule has 1 aromatic carbocycles. The second-order valence-electron chi connectivity index (χ2n) is 6.00. The molecule has 1 fully saturated rings. The van der Waals surface area contributed by atoms with Gasteiger partial charge in [-0.25, -0.2) is 0 Å². The molecule has 4 rings (SSSR count). The summed E-state index contributed by atoms with van der Waals surface area (Å²) in [5, 5.41) is 10.8. The van der Waals surface area contributed by atoms with Gasteiger partial charge >= 0.3 is 0 Å². The molecule has 1 unspecified atom stereocenters. The molecule has 2 aromatic heterocycles. The van der Waals surface area contributed by atoms with Gasteiger partial charge < -0.3 is 5.11 Å². The molecule has 1 atom stereocenters. The number of ketones is 1. The van der Waals surface area contributed by atoms with Crippen LogP contribution in [-0.4, -0.2) is 26.8 Å². The van der Waals surface area contributed by atoms with E-state index >= 15 is 0 Å². The lowest BCUT2D eigenvalue weighted by Gasteiger charge is -2.24. The minimum atomic E-state index is -0.818. The first-order valence-electron chi connectivity index (χ1n) is 8.36. The zero-order chi connectivity index (χ0) is 18.8. The van der Waals surface area contributed by atoms with Crippen LogP contribution in [0.4, 0.5) is 5.69 Å². The minimum Gasteiger partial charge on any atom is -0.507 e. The molecule has 1 N–H and O–H groups in total. The highest BCUT2D eigenvalue weighted by molar-refractivity contribution is 6.51. The Balaban J connectivity index is 1.95. The largest absolute Gasteiger partial charge is 0.507 e. The smallest absolute Gasteiger partial charge is 0.300 e. The van der Waals surface area contributed by atoms with Crippen molar-refractivity contribution in [3.8, 4) is 0 Å². The molecule has 0 spiro atoms. The number of hydrogen-bond acceptors (Lipinski definition) is 5. The Hall–Kier alpha value is -3.80. The summed E-state index contributed by atoms with van der Waals surface area (Å²) >= 11 is 0. The number of Topliss-reactive ketones (excluding diaryl/α,β-unsaturated/α-hetero) is 1. The second kappa shape index (κ2) is 6.84. The fourth-order valence-electron chi connectivity index (χ4n) is 3.17. The minimum absolute atomic E-state index is 0.00810. The molecule has 3 aromatic rings. The molecule has 1 aliphatic rings. The summed E-state index contributed by atoms with van der Waals surface area (Å²) in [7, 11) is 0. The number of carbonyl (C=O) groups excluding carboxylic acids is 2. The van der Waals surface area contributed by atoms with Crippen molar-refractivity contribution in [1.82, 2.24) is 9.97 Å². The standard InChI is InChI=1S/C21H15N3O3/c25-19(14-9-12-22-13-10-14)17-18(16-8-4-5-11-23-16)24(21(27)20(17)26)15-6-2-1-3-7-15/h1-13,18,25H/b19-17-. The maximum atomic E-state index is 12.8. The molecule has 1 aliphatic heterocycles. The van der Waals surface area contributed by atoms with E-state index in [0.29, 0.717) is 16.9 Å². The van der Waals surface area contributed by atoms with Crippen molar-refractivity contribution >= 4 is 23.1 Å². The maximum Gasteiger partial charge on any atom is 0.300 e. The monoisotopic (exact) mass is 357 g/mol. The van der Waals surface area contributed by atoms with E-state index in [1.165, 1.54) is 17.3 Å². The number of rotatable bonds is 3. The van der Waals surface area contributed by atoms with E-state index in [1.54, 1.807) is 60.8 Å². The first kappa shape index (κ1) is 16.7. The molecule has 0 aliphatic carbocycles. The molecule has 0 bridgehead atoms. The number of carbonyl (C=O) groups is 2. The number of hydrogen-bond donors (Lipinski definition) is 1. The summed E-state index contributed by atoms with van der Waals surface area (Å²) < 4.78 is 0. The maximum absolute atomic E-state index is 12.8. The van der Waals surface area contributed by atoms with Crippen molar-refractivity contribution in [3.05, 3.63) is 96.1 Å². The van der Waals surface area contributed by atoms with Gasteiger partial charge in [0.2, 0.25) is 0 Å². The summed E-state index contributed by atoms with van der Waals surface area (Å²) in [6, 6.07) is 16.5. The lowest BCUT2D eigenvalue weighted by atomic mass is 9.98. The first-order chi connectivity index (χ1) is 13.2. The fraction of sp³-hybridized carbons (Fsp3) is 0.0476. The number of nitrogens with zero attached hydrogens (tertiary/aromatic N) is 3. The van der Waals surface area contributed by atoms with Gasteiger partial charge in [-0.3, -0.25) is 24.5 Å². The van der Waals surface area contributed by atoms with Gasteiger partial charge in [0.25, 0.3) is 11.7 Å². The van der Waals surface area contributed by atoms with Crippen molar-refractivity contribution in [2.75, 3.05) is 4.90 Å². The van der Waals surface area contributed by atoms with Gasteiger partial charge in [0, 0.05) is 29.8 Å². The van der Waals surface area contributed by atoms with Gasteiger partial charge in [0.1, 0.15) is 11.8 Å². The third kappa shape index (κ3) is 2.87. The van der Waals surface area contributed by atoms with Gasteiger partial charge in [0.15, 0.2) is 0 Å². The van der Waals surface area contributed by atoms with Crippen LogP contribution >= 0.6 is 0 Å². The molecule has 6 nitrogen and oxygen atoms in total. The highest BCUT2D eigenvalue weighted by Crippen LogP contribution is 2.41. The highest BCUT2D eigenvalue weighted by atomic mass is 16.3. The average Bonchev–Trinajstić information content (AvgIpc) is 3.00. The number of para-hydroxylation sites is 1. The number of aliphatic hydroxyl groups excluding tert-OH is 1. The number of amides is 1. The van der Waals surface area contributed by atoms with E-state index in [0.717, 1.165) is 0 Å². The number of aliphatic hydroxyl groups is 1. The highest BCUT2D eigenvalue weighted by Gasteiger charge is 2.47. The summed E-state index contributed by atoms with van der Waals surface area (Å²) in [4.78, 5) is 35.3. The number of aromatic nitrogens is 2. The summed E-state index contributed by atoms with van der Waals surface area (Å²) in [5.74, 6) is -1.69. The van der Waals surface area contributed by atoms with E-state index in [1.807, 2.05) is 6.07 Å². The van der Waals surface area contributed by atoms with Crippen molar-refractivity contribution in [1.29, 1.82) is 0 Å². The molecule has 6 heteroatoms. The molecule has 1 saturated heterocycles. The van der Waals surface area contributed by atoms with Crippen LogP contribution in [0.1, 0.15) is 17.3 Å². The Bertz CT molecular complexity index is 1020. The zero-order valence-electron chi connectivity index (χ0n) is 14.2. The van der Waals surface area contributed by atoms with Crippen LogP contribution in [0.25, 0.3) is 5.76 Å². The van der Waals surface area contributed by atoms with Crippen molar-refractivity contribution < 1.29 is 14.7 Å². The van der Waals surface area contributed by atoms with Crippen LogP contribution in [-0.2, 0) is 9.59 Å². The Kier molecular flexibility index (Phi) is 4.22. The summed E-state index contributed by atoms with van der Waals surface area (Å²) in [5.41, 5.74) is 1.48. The summed E-state index contributed by atoms with van der Waals surface area (Å²) in [6.07, 6.45) is 4.61. The van der Waals surface area contributed by atoms with E-state index < -0.39 is 17.7 Å². The third-order valence-electron chi connectivity index (χ3n) is 4.40. The lowest BCUT2D eigenvalue weighted by molar-refractivity contribution is -0.132. The molecule has 0 saturated carbocycles. The van der Waals surface area contributed by atoms with Gasteiger partial charge in [-0.2, -0.15) is 0 Å². The Morgan fingerprint density at radius 2 is 1.59 bits per heavy atom. The van der Waals surface area contributed by atoms with Crippen molar-refractivity contribution in [3.63, 3.8) is 0 Å². The average molecular weight is 357 g/mol. The van der Waals surface area contributed by atoms with Crippen LogP contribution in [0.5, 0.6) is 0 Å². The second-order valence-corrected chi connectivity index (χ2v) is 6.00. The Labute approximate surface area is 155 Å². The van der Waals surface area contributed by atoms with E-state index in [9.17, 15) is 14.7 Å². The van der Waals surface area contributed by atoms with E-state index in [-0.39, 0.29) is 11.3 Å². The normalized spacial score (nSPS) is 18.7. The number of benzene rings is 1. The SMILES string of the molecule is O=C1C(=O)N(c2ccccc2)C(c2ccccn2)/C1=C(/O)c1ccncc1. The van der Waals surface area contributed by atoms with Crippen molar-refractivity contribution in [2.45, 2.75) is 6.04 Å². The predicted octanol–water partition coefficient (Wildman–Crippen LogP) is 3.10. The van der Waals surface area contributed by atoms with Gasteiger partial charge in [-0.1, -0.05) is 24.3 Å². The van der Waals surface area contributed by atoms with Crippen molar-refractivity contribution in [2.24, 2.45) is 0 Å². The van der Waals surface area contributed by atoms with E-state index in [4.69, 9.17) is 0 Å². The molecular formula is C21H15N3O3. The quantitative estimate of drug-likeness (QED) is 0.442. The Morgan fingerprint density at radius 3 is 2.26 bits per heavy atom. The molecular weight excluding hydrogens is 342 g/mol. The van der Waals surface area contributed by atoms with Crippen LogP contribution < -0.4 is 4.90 Å². The van der Waals surface area contributed by atoms with Gasteiger partial charge in [-0.05, 0) is 36.4 Å². The summed E-state index contributed by atoms with van der Waals surface area (Å²) in [6.45, 7) is 0. The zero-order valence-corrected chi connectivity index (χ0v) is 14.2. The number of pyridine rings is 2. The molecule has 3 heterocycles. The van der Waals surface area contributed by atoms with Crippen LogP contribution in [0, 0.1) is 0 Å². The number of anilines is 1. The van der Waals surface area contributed by atoms with Crippen LogP contribution in [0.15, 0.2) is 84.8 Å². The topological polar surface area (TPSA) is 83.4 Å². The first-order valence-corrected chi connectivity index (χ1v) is 8.36. The molecule has 132 valence electrons. The lowest BCUT2D eigenvalue weighted by Crippen LogP contribution is -2.29. The fourth-order valence-corrected chi connectivity index (χ4v) is 3.17. The van der Waals surface area contributed by atoms with Gasteiger partial charge in [0.05, 0.1) is 11.3 Å². The van der Waals surface area contributed by atoms with Gasteiger partial charge in [-0.15, -0.1) is 0 Å². The third-order valence-corrected chi connectivity index (χ3v) is 4.40. The van der Waals surface area contributed by atoms with Crippen LogP contribution in [0.3, 0.4) is 0 Å².